The van der Waals surface area contributed by atoms with E-state index in [0.717, 1.165) is 4.88 Å². The maximum Gasteiger partial charge on any atom is 0.271 e. The molecule has 1 aromatic rings. The zero-order valence-electron chi connectivity index (χ0n) is 9.38. The maximum atomic E-state index is 10.4. The van der Waals surface area contributed by atoms with Crippen LogP contribution in [-0.2, 0) is 6.54 Å². The predicted molar refractivity (Wildman–Crippen MR) is 66.7 cm³/mol. The van der Waals surface area contributed by atoms with Crippen molar-refractivity contribution in [3.05, 3.63) is 25.7 Å². The molecule has 0 aliphatic rings. The van der Waals surface area contributed by atoms with Gasteiger partial charge in [-0.05, 0) is 6.92 Å². The van der Waals surface area contributed by atoms with Crippen LogP contribution in [0.5, 0.6) is 0 Å². The van der Waals surface area contributed by atoms with Gasteiger partial charge in [0, 0.05) is 24.7 Å². The molecule has 0 unspecified atom stereocenters. The second kappa shape index (κ2) is 6.36. The number of aromatic nitrogens is 1. The Labute approximate surface area is 107 Å². The lowest BCUT2D eigenvalue weighted by Crippen LogP contribution is -2.38. The Morgan fingerprint density at radius 1 is 1.82 bits per heavy atom. The first kappa shape index (κ1) is 13.7. The van der Waals surface area contributed by atoms with Crippen LogP contribution in [0.2, 0.25) is 4.47 Å². The van der Waals surface area contributed by atoms with Crippen molar-refractivity contribution < 1.29 is 5.03 Å². The van der Waals surface area contributed by atoms with Crippen LogP contribution >= 0.6 is 22.9 Å². The van der Waals surface area contributed by atoms with Gasteiger partial charge < -0.3 is 10.2 Å². The van der Waals surface area contributed by atoms with Crippen molar-refractivity contribution in [2.45, 2.75) is 13.5 Å². The molecular weight excluding hydrogens is 266 g/mol. The number of thiazole rings is 1. The van der Waals surface area contributed by atoms with Gasteiger partial charge in [-0.1, -0.05) is 11.6 Å². The zero-order valence-corrected chi connectivity index (χ0v) is 11.0. The number of nitrogens with zero attached hydrogens (tertiary/aromatic N) is 4. The van der Waals surface area contributed by atoms with E-state index in [1.807, 2.05) is 6.92 Å². The molecule has 0 spiro atoms. The van der Waals surface area contributed by atoms with Crippen LogP contribution in [0.25, 0.3) is 0 Å². The van der Waals surface area contributed by atoms with Gasteiger partial charge in [0.05, 0.1) is 6.54 Å². The Balaban J connectivity index is 2.64. The molecular formula is C8H12ClN5O2S. The summed E-state index contributed by atoms with van der Waals surface area (Å²) < 4.78 is 0.443. The summed E-state index contributed by atoms with van der Waals surface area (Å²) in [4.78, 5) is 16.8. The molecule has 1 aromatic heterocycles. The van der Waals surface area contributed by atoms with Gasteiger partial charge in [0.1, 0.15) is 5.10 Å². The van der Waals surface area contributed by atoms with Crippen molar-refractivity contribution >= 4 is 28.9 Å². The van der Waals surface area contributed by atoms with Gasteiger partial charge in [-0.15, -0.1) is 11.3 Å². The van der Waals surface area contributed by atoms with Crippen LogP contribution in [0.4, 0.5) is 0 Å². The summed E-state index contributed by atoms with van der Waals surface area (Å²) in [6.07, 6.45) is 1.62. The lowest BCUT2D eigenvalue weighted by molar-refractivity contribution is -0.485. The number of nitrogens with one attached hydrogen (secondary N) is 1. The first-order valence-electron chi connectivity index (χ1n) is 4.81. The van der Waals surface area contributed by atoms with Gasteiger partial charge in [0.2, 0.25) is 0 Å². The minimum absolute atomic E-state index is 0.210. The minimum Gasteiger partial charge on any atom is -0.346 e. The maximum absolute atomic E-state index is 10.4. The third-order valence-corrected chi connectivity index (χ3v) is 3.07. The number of guanidine groups is 1. The first-order chi connectivity index (χ1) is 8.02. The Morgan fingerprint density at radius 3 is 3.00 bits per heavy atom. The Kier molecular flexibility index (Phi) is 5.11. The van der Waals surface area contributed by atoms with E-state index in [-0.39, 0.29) is 5.96 Å². The largest absolute Gasteiger partial charge is 0.346 e. The number of hydrazone groups is 1. The molecule has 9 heteroatoms. The third kappa shape index (κ3) is 4.53. The van der Waals surface area contributed by atoms with Crippen LogP contribution in [0.1, 0.15) is 11.8 Å². The monoisotopic (exact) mass is 277 g/mol. The fraction of sp³-hybridized carbons (Fsp3) is 0.500. The zero-order chi connectivity index (χ0) is 12.8. The van der Waals surface area contributed by atoms with Gasteiger partial charge in [0.25, 0.3) is 5.96 Å². The number of halogens is 1. The molecule has 0 radical (unpaired) electrons. The molecule has 0 saturated carbocycles. The van der Waals surface area contributed by atoms with Gasteiger partial charge >= 0.3 is 0 Å². The van der Waals surface area contributed by atoms with Crippen molar-refractivity contribution in [3.8, 4) is 0 Å². The molecule has 0 aliphatic carbocycles. The van der Waals surface area contributed by atoms with Crippen molar-refractivity contribution in [3.63, 3.8) is 0 Å². The fourth-order valence-corrected chi connectivity index (χ4v) is 1.92. The molecule has 0 bridgehead atoms. The van der Waals surface area contributed by atoms with E-state index in [9.17, 15) is 10.1 Å². The number of rotatable bonds is 4. The Bertz CT molecular complexity index is 422. The molecule has 1 heterocycles. The molecule has 1 rings (SSSR count). The van der Waals surface area contributed by atoms with E-state index in [0.29, 0.717) is 17.6 Å². The predicted octanol–water partition coefficient (Wildman–Crippen LogP) is 1.39. The van der Waals surface area contributed by atoms with Crippen LogP contribution < -0.4 is 5.32 Å². The van der Waals surface area contributed by atoms with Gasteiger partial charge in [-0.3, -0.25) is 0 Å². The molecule has 94 valence electrons. The normalized spacial score (nSPS) is 11.4. The quantitative estimate of drug-likeness (QED) is 0.389. The fourth-order valence-electron chi connectivity index (χ4n) is 1.01. The number of hydrogen-bond acceptors (Lipinski definition) is 4. The molecule has 17 heavy (non-hydrogen) atoms. The summed E-state index contributed by atoms with van der Waals surface area (Å²) in [5.41, 5.74) is 0. The SMILES string of the molecule is CCN(C)/C(=N\[N+](=O)[O-])NCc1cnc(Cl)s1. The third-order valence-electron chi connectivity index (χ3n) is 1.96. The highest BCUT2D eigenvalue weighted by Crippen LogP contribution is 2.17. The van der Waals surface area contributed by atoms with Crippen LogP contribution in [0.3, 0.4) is 0 Å². The molecule has 1 N–H and O–H groups in total. The first-order valence-corrected chi connectivity index (χ1v) is 6.00. The van der Waals surface area contributed by atoms with Crippen molar-refractivity contribution in [1.82, 2.24) is 15.2 Å². The summed E-state index contributed by atoms with van der Waals surface area (Å²) in [7, 11) is 1.72. The van der Waals surface area contributed by atoms with Crippen LogP contribution in [-0.4, -0.2) is 34.5 Å². The molecule has 7 nitrogen and oxygen atoms in total. The summed E-state index contributed by atoms with van der Waals surface area (Å²) in [5, 5.41) is 15.8. The minimum atomic E-state index is -0.728. The molecule has 0 aliphatic heterocycles. The lowest BCUT2D eigenvalue weighted by atomic mass is 10.5. The molecule has 0 atom stereocenters. The summed E-state index contributed by atoms with van der Waals surface area (Å²) in [6, 6.07) is 0. The second-order valence-corrected chi connectivity index (χ2v) is 4.81. The van der Waals surface area contributed by atoms with Crippen molar-refractivity contribution in [1.29, 1.82) is 0 Å². The highest BCUT2D eigenvalue weighted by atomic mass is 35.5. The highest BCUT2D eigenvalue weighted by Gasteiger charge is 2.10. The summed E-state index contributed by atoms with van der Waals surface area (Å²) in [5.74, 6) is 0.210. The topological polar surface area (TPSA) is 83.7 Å². The average Bonchev–Trinajstić information content (AvgIpc) is 2.68. The highest BCUT2D eigenvalue weighted by molar-refractivity contribution is 7.15. The Morgan fingerprint density at radius 2 is 2.53 bits per heavy atom. The van der Waals surface area contributed by atoms with Gasteiger partial charge in [-0.2, -0.15) is 0 Å². The van der Waals surface area contributed by atoms with Crippen LogP contribution in [0, 0.1) is 10.1 Å². The van der Waals surface area contributed by atoms with E-state index in [2.05, 4.69) is 15.4 Å². The van der Waals surface area contributed by atoms with Crippen molar-refractivity contribution in [2.75, 3.05) is 13.6 Å². The van der Waals surface area contributed by atoms with E-state index in [4.69, 9.17) is 11.6 Å². The average molecular weight is 278 g/mol. The van der Waals surface area contributed by atoms with Gasteiger partial charge in [-0.25, -0.2) is 15.1 Å². The summed E-state index contributed by atoms with van der Waals surface area (Å²) in [6.45, 7) is 2.89. The van der Waals surface area contributed by atoms with Crippen LogP contribution in [0.15, 0.2) is 11.3 Å². The molecule has 0 aromatic carbocycles. The van der Waals surface area contributed by atoms with E-state index in [1.54, 1.807) is 18.1 Å². The molecule has 0 fully saturated rings. The number of hydrogen-bond donors (Lipinski definition) is 1. The van der Waals surface area contributed by atoms with Gasteiger partial charge in [0.15, 0.2) is 9.50 Å². The lowest BCUT2D eigenvalue weighted by Gasteiger charge is -2.16. The Hall–Kier alpha value is -1.41. The van der Waals surface area contributed by atoms with Crippen molar-refractivity contribution in [2.24, 2.45) is 5.10 Å². The summed E-state index contributed by atoms with van der Waals surface area (Å²) >= 11 is 7.00. The molecule has 0 saturated heterocycles. The number of nitro groups is 1. The smallest absolute Gasteiger partial charge is 0.271 e. The second-order valence-electron chi connectivity index (χ2n) is 3.11. The van der Waals surface area contributed by atoms with E-state index < -0.39 is 5.03 Å². The standard InChI is InChI=1S/C8H12ClN5O2S/c1-3-13(2)8(12-14(15)16)11-5-6-4-10-7(9)17-6/h4H,3,5H2,1-2H3,(H,11,12). The van der Waals surface area contributed by atoms with E-state index >= 15 is 0 Å². The van der Waals surface area contributed by atoms with E-state index in [1.165, 1.54) is 11.3 Å². The molecule has 0 amide bonds.